The van der Waals surface area contributed by atoms with Crippen LogP contribution >= 0.6 is 12.4 Å². The molecule has 0 saturated carbocycles. The lowest BCUT2D eigenvalue weighted by Gasteiger charge is -2.22. The number of benzene rings is 1. The van der Waals surface area contributed by atoms with Gasteiger partial charge in [-0.05, 0) is 45.1 Å². The molecule has 7 heteroatoms. The van der Waals surface area contributed by atoms with Gasteiger partial charge in [0, 0.05) is 17.3 Å². The lowest BCUT2D eigenvalue weighted by molar-refractivity contribution is 0.0815. The fraction of sp³-hybridized carbons (Fsp3) is 0.348. The Kier molecular flexibility index (Phi) is 6.29. The molecular formula is C23H25ClN2O4. The lowest BCUT2D eigenvalue weighted by atomic mass is 9.88. The molecule has 6 nitrogen and oxygen atoms in total. The van der Waals surface area contributed by atoms with Crippen LogP contribution in [0.15, 0.2) is 39.5 Å². The second-order valence-electron chi connectivity index (χ2n) is 7.36. The number of furan rings is 1. The van der Waals surface area contributed by atoms with E-state index in [9.17, 15) is 14.4 Å². The number of carbonyl (C=O) groups is 2. The van der Waals surface area contributed by atoms with Crippen LogP contribution in [0.2, 0.25) is 0 Å². The molecule has 0 atom stereocenters. The third kappa shape index (κ3) is 3.40. The number of aryl methyl sites for hydroxylation is 1. The average Bonchev–Trinajstić information content (AvgIpc) is 3.12. The zero-order valence-electron chi connectivity index (χ0n) is 17.4. The zero-order valence-corrected chi connectivity index (χ0v) is 18.2. The van der Waals surface area contributed by atoms with Crippen molar-refractivity contribution >= 4 is 34.7 Å². The first-order valence-electron chi connectivity index (χ1n) is 10.1. The fourth-order valence-corrected chi connectivity index (χ4v) is 4.16. The quantitative estimate of drug-likeness (QED) is 0.552. The van der Waals surface area contributed by atoms with Crippen LogP contribution in [-0.4, -0.2) is 40.7 Å². The van der Waals surface area contributed by atoms with E-state index in [1.807, 2.05) is 0 Å². The highest BCUT2D eigenvalue weighted by atomic mass is 35.5. The van der Waals surface area contributed by atoms with Gasteiger partial charge in [0.2, 0.25) is 11.6 Å². The van der Waals surface area contributed by atoms with Crippen molar-refractivity contribution in [1.29, 1.82) is 0 Å². The molecule has 2 heterocycles. The van der Waals surface area contributed by atoms with Crippen LogP contribution in [0.4, 0.5) is 0 Å². The first-order valence-corrected chi connectivity index (χ1v) is 10.1. The van der Waals surface area contributed by atoms with Gasteiger partial charge in [-0.3, -0.25) is 14.4 Å². The predicted octanol–water partition coefficient (Wildman–Crippen LogP) is 4.10. The summed E-state index contributed by atoms with van der Waals surface area (Å²) >= 11 is 0. The maximum Gasteiger partial charge on any atom is 0.259 e. The molecule has 1 aliphatic rings. The third-order valence-corrected chi connectivity index (χ3v) is 5.68. The van der Waals surface area contributed by atoms with Crippen LogP contribution in [0, 0.1) is 6.92 Å². The SMILES string of the molecule is CCN(CC)CCCn1c2c(c3ccccc3c1=O)C(=O)C(=O)c1cc(C)oc1-2.Cl. The number of hydrogen-bond acceptors (Lipinski definition) is 5. The summed E-state index contributed by atoms with van der Waals surface area (Å²) in [5.74, 6) is -0.295. The van der Waals surface area contributed by atoms with Crippen molar-refractivity contribution in [3.8, 4) is 11.5 Å². The van der Waals surface area contributed by atoms with E-state index in [1.54, 1.807) is 41.8 Å². The molecule has 1 aliphatic carbocycles. The standard InChI is InChI=1S/C23H24N2O4.ClH/c1-4-24(5-2)11-8-12-25-19-18(15-9-6-7-10-16(15)23(25)28)21(27)20(26)17-13-14(3)29-22(17)19;/h6-7,9-10,13H,4-5,8,11-12H2,1-3H3;1H. The Morgan fingerprint density at radius 3 is 2.33 bits per heavy atom. The van der Waals surface area contributed by atoms with Gasteiger partial charge in [0.05, 0.1) is 16.8 Å². The number of pyridine rings is 1. The molecule has 1 aromatic carbocycles. The van der Waals surface area contributed by atoms with Crippen LogP contribution in [0.5, 0.6) is 0 Å². The van der Waals surface area contributed by atoms with Gasteiger partial charge >= 0.3 is 0 Å². The third-order valence-electron chi connectivity index (χ3n) is 5.68. The molecule has 0 aliphatic heterocycles. The van der Waals surface area contributed by atoms with E-state index in [-0.39, 0.29) is 29.1 Å². The molecule has 30 heavy (non-hydrogen) atoms. The van der Waals surface area contributed by atoms with Gasteiger partial charge in [0.25, 0.3) is 5.56 Å². The molecule has 0 spiro atoms. The van der Waals surface area contributed by atoms with Crippen LogP contribution in [-0.2, 0) is 6.54 Å². The minimum absolute atomic E-state index is 0. The van der Waals surface area contributed by atoms with Gasteiger partial charge in [0.1, 0.15) is 5.76 Å². The summed E-state index contributed by atoms with van der Waals surface area (Å²) in [4.78, 5) is 41.4. The number of halogens is 1. The molecule has 0 amide bonds. The summed E-state index contributed by atoms with van der Waals surface area (Å²) in [6, 6.07) is 8.56. The zero-order chi connectivity index (χ0) is 20.7. The first kappa shape index (κ1) is 22.0. The monoisotopic (exact) mass is 428 g/mol. The molecule has 158 valence electrons. The first-order chi connectivity index (χ1) is 14.0. The van der Waals surface area contributed by atoms with E-state index in [1.165, 1.54) is 0 Å². The smallest absolute Gasteiger partial charge is 0.259 e. The molecule has 0 bridgehead atoms. The average molecular weight is 429 g/mol. The maximum absolute atomic E-state index is 13.3. The minimum Gasteiger partial charge on any atom is -0.459 e. The molecule has 4 rings (SSSR count). The summed E-state index contributed by atoms with van der Waals surface area (Å²) in [7, 11) is 0. The molecule has 0 unspecified atom stereocenters. The van der Waals surface area contributed by atoms with Gasteiger partial charge in [-0.25, -0.2) is 0 Å². The van der Waals surface area contributed by atoms with Crippen molar-refractivity contribution in [3.05, 3.63) is 57.6 Å². The van der Waals surface area contributed by atoms with E-state index in [2.05, 4.69) is 18.7 Å². The second-order valence-corrected chi connectivity index (χ2v) is 7.36. The van der Waals surface area contributed by atoms with Crippen molar-refractivity contribution in [3.63, 3.8) is 0 Å². The summed E-state index contributed by atoms with van der Waals surface area (Å²) in [6.07, 6.45) is 0.753. The topological polar surface area (TPSA) is 72.5 Å². The van der Waals surface area contributed by atoms with E-state index in [0.717, 1.165) is 26.1 Å². The van der Waals surface area contributed by atoms with Gasteiger partial charge < -0.3 is 13.9 Å². The summed E-state index contributed by atoms with van der Waals surface area (Å²) < 4.78 is 7.44. The van der Waals surface area contributed by atoms with Crippen molar-refractivity contribution in [1.82, 2.24) is 9.47 Å². The Labute approximate surface area is 180 Å². The second kappa shape index (κ2) is 8.58. The summed E-state index contributed by atoms with van der Waals surface area (Å²) in [5, 5.41) is 0.951. The fourth-order valence-electron chi connectivity index (χ4n) is 4.16. The number of aromatic nitrogens is 1. The Balaban J connectivity index is 0.00000256. The normalized spacial score (nSPS) is 12.8. The minimum atomic E-state index is -0.581. The molecule has 3 aromatic rings. The van der Waals surface area contributed by atoms with E-state index in [0.29, 0.717) is 34.5 Å². The highest BCUT2D eigenvalue weighted by Gasteiger charge is 2.37. The summed E-state index contributed by atoms with van der Waals surface area (Å²) in [6.45, 7) is 9.12. The van der Waals surface area contributed by atoms with Crippen LogP contribution in [0.1, 0.15) is 46.7 Å². The molecule has 2 aromatic heterocycles. The highest BCUT2D eigenvalue weighted by molar-refractivity contribution is 6.54. The van der Waals surface area contributed by atoms with E-state index < -0.39 is 11.6 Å². The Hall–Kier alpha value is -2.70. The van der Waals surface area contributed by atoms with Crippen molar-refractivity contribution < 1.29 is 14.0 Å². The van der Waals surface area contributed by atoms with Gasteiger partial charge in [-0.2, -0.15) is 0 Å². The molecule has 0 saturated heterocycles. The Morgan fingerprint density at radius 1 is 1.00 bits per heavy atom. The lowest BCUT2D eigenvalue weighted by Crippen LogP contribution is -2.31. The number of rotatable bonds is 6. The number of Topliss-reactive ketones (excluding diaryl/α,β-unsaturated/α-hetero) is 2. The van der Waals surface area contributed by atoms with Crippen LogP contribution < -0.4 is 5.56 Å². The molecule has 0 radical (unpaired) electrons. The van der Waals surface area contributed by atoms with Crippen molar-refractivity contribution in [2.24, 2.45) is 0 Å². The number of hydrogen-bond donors (Lipinski definition) is 0. The van der Waals surface area contributed by atoms with Crippen LogP contribution in [0.25, 0.3) is 22.2 Å². The Bertz CT molecular complexity index is 1190. The van der Waals surface area contributed by atoms with Crippen molar-refractivity contribution in [2.45, 2.75) is 33.7 Å². The number of carbonyl (C=O) groups excluding carboxylic acids is 2. The maximum atomic E-state index is 13.3. The van der Waals surface area contributed by atoms with Crippen LogP contribution in [0.3, 0.4) is 0 Å². The molecule has 0 fully saturated rings. The van der Waals surface area contributed by atoms with Gasteiger partial charge in [0.15, 0.2) is 5.76 Å². The Morgan fingerprint density at radius 2 is 1.67 bits per heavy atom. The summed E-state index contributed by atoms with van der Waals surface area (Å²) in [5.41, 5.74) is 0.782. The van der Waals surface area contributed by atoms with Gasteiger partial charge in [-0.15, -0.1) is 12.4 Å². The number of nitrogens with zero attached hydrogens (tertiary/aromatic N) is 2. The van der Waals surface area contributed by atoms with E-state index >= 15 is 0 Å². The number of fused-ring (bicyclic) bond motifs is 5. The van der Waals surface area contributed by atoms with E-state index in [4.69, 9.17) is 4.42 Å². The van der Waals surface area contributed by atoms with Gasteiger partial charge in [-0.1, -0.05) is 32.0 Å². The van der Waals surface area contributed by atoms with Crippen molar-refractivity contribution in [2.75, 3.05) is 19.6 Å². The molecule has 0 N–H and O–H groups in total. The predicted molar refractivity (Wildman–Crippen MR) is 119 cm³/mol. The highest BCUT2D eigenvalue weighted by Crippen LogP contribution is 2.38. The number of ketones is 2. The molecular weight excluding hydrogens is 404 g/mol. The largest absolute Gasteiger partial charge is 0.459 e.